The Hall–Kier alpha value is -2.10. The molecule has 0 spiro atoms. The van der Waals surface area contributed by atoms with Crippen LogP contribution in [0.4, 0.5) is 0 Å². The number of oxime groups is 1. The van der Waals surface area contributed by atoms with E-state index in [4.69, 9.17) is 0 Å². The summed E-state index contributed by atoms with van der Waals surface area (Å²) < 4.78 is 0. The van der Waals surface area contributed by atoms with E-state index in [1.165, 1.54) is 32.1 Å². The number of aryl methyl sites for hydroxylation is 1. The number of aromatic hydroxyl groups is 1. The van der Waals surface area contributed by atoms with Gasteiger partial charge in [0.2, 0.25) is 0 Å². The molecule has 2 aromatic rings. The van der Waals surface area contributed by atoms with Gasteiger partial charge in [-0.3, -0.25) is 0 Å². The number of aromatic nitrogens is 1. The lowest BCUT2D eigenvalue weighted by Gasteiger charge is -2.10. The van der Waals surface area contributed by atoms with Gasteiger partial charge in [0.1, 0.15) is 5.52 Å². The average Bonchev–Trinajstić information content (AvgIpc) is 2.59. The lowest BCUT2D eigenvalue weighted by atomic mass is 10.00. The van der Waals surface area contributed by atoms with Crippen LogP contribution in [0.5, 0.6) is 5.75 Å². The molecule has 2 rings (SSSR count). The van der Waals surface area contributed by atoms with Crippen molar-refractivity contribution in [3.05, 3.63) is 35.5 Å². The molecule has 1 heterocycles. The number of phenols is 1. The average molecular weight is 328 g/mol. The van der Waals surface area contributed by atoms with Crippen molar-refractivity contribution in [3.8, 4) is 5.75 Å². The first-order valence-corrected chi connectivity index (χ1v) is 8.98. The van der Waals surface area contributed by atoms with Crippen molar-refractivity contribution in [1.82, 2.24) is 4.98 Å². The van der Waals surface area contributed by atoms with Crippen LogP contribution >= 0.6 is 0 Å². The SMILES string of the molecule is CCCCCCCCCC(=NO)c1ccc2ccc(C)nc2c1O. The number of fused-ring (bicyclic) bond motifs is 1. The van der Waals surface area contributed by atoms with Crippen molar-refractivity contribution < 1.29 is 10.3 Å². The first-order chi connectivity index (χ1) is 11.7. The summed E-state index contributed by atoms with van der Waals surface area (Å²) in [6.07, 6.45) is 9.09. The Kier molecular flexibility index (Phi) is 7.04. The molecular formula is C20H28N2O2. The van der Waals surface area contributed by atoms with Crippen LogP contribution in [-0.4, -0.2) is 21.0 Å². The van der Waals surface area contributed by atoms with Crippen molar-refractivity contribution in [3.63, 3.8) is 0 Å². The molecule has 0 saturated carbocycles. The Morgan fingerprint density at radius 3 is 2.38 bits per heavy atom. The van der Waals surface area contributed by atoms with Crippen molar-refractivity contribution in [1.29, 1.82) is 0 Å². The molecule has 0 aliphatic rings. The second-order valence-corrected chi connectivity index (χ2v) is 6.40. The number of unbranched alkanes of at least 4 members (excludes halogenated alkanes) is 6. The molecule has 4 nitrogen and oxygen atoms in total. The van der Waals surface area contributed by atoms with Gasteiger partial charge in [-0.25, -0.2) is 4.98 Å². The fourth-order valence-corrected chi connectivity index (χ4v) is 2.99. The number of benzene rings is 1. The Morgan fingerprint density at radius 1 is 1.00 bits per heavy atom. The number of nitrogens with zero attached hydrogens (tertiary/aromatic N) is 2. The quantitative estimate of drug-likeness (QED) is 0.274. The van der Waals surface area contributed by atoms with E-state index < -0.39 is 0 Å². The number of hydrogen-bond donors (Lipinski definition) is 2. The zero-order chi connectivity index (χ0) is 17.4. The topological polar surface area (TPSA) is 65.7 Å². The fourth-order valence-electron chi connectivity index (χ4n) is 2.99. The second kappa shape index (κ2) is 9.26. The standard InChI is InChI=1S/C20H28N2O2/c1-3-4-5-6-7-8-9-10-18(22-24)17-14-13-16-12-11-15(2)21-19(16)20(17)23/h11-14,23-24H,3-10H2,1-2H3. The van der Waals surface area contributed by atoms with E-state index >= 15 is 0 Å². The van der Waals surface area contributed by atoms with Crippen molar-refractivity contribution in [2.24, 2.45) is 5.16 Å². The summed E-state index contributed by atoms with van der Waals surface area (Å²) in [5, 5.41) is 24.2. The number of rotatable bonds is 9. The molecule has 0 aliphatic carbocycles. The largest absolute Gasteiger partial charge is 0.505 e. The normalized spacial score (nSPS) is 12.0. The lowest BCUT2D eigenvalue weighted by Crippen LogP contribution is -2.02. The van der Waals surface area contributed by atoms with E-state index in [0.29, 0.717) is 23.2 Å². The molecular weight excluding hydrogens is 300 g/mol. The first kappa shape index (κ1) is 18.2. The molecule has 0 saturated heterocycles. The monoisotopic (exact) mass is 328 g/mol. The summed E-state index contributed by atoms with van der Waals surface area (Å²) in [7, 11) is 0. The minimum atomic E-state index is 0.104. The second-order valence-electron chi connectivity index (χ2n) is 6.40. The Labute approximate surface area is 144 Å². The third kappa shape index (κ3) is 4.70. The number of phenolic OH excluding ortho intramolecular Hbond substituents is 1. The van der Waals surface area contributed by atoms with E-state index in [0.717, 1.165) is 23.9 Å². The minimum absolute atomic E-state index is 0.104. The van der Waals surface area contributed by atoms with Gasteiger partial charge in [-0.2, -0.15) is 0 Å². The molecule has 0 aliphatic heterocycles. The number of hydrogen-bond acceptors (Lipinski definition) is 4. The van der Waals surface area contributed by atoms with Gasteiger partial charge in [-0.1, -0.05) is 62.7 Å². The molecule has 0 bridgehead atoms. The molecule has 24 heavy (non-hydrogen) atoms. The fraction of sp³-hybridized carbons (Fsp3) is 0.500. The van der Waals surface area contributed by atoms with Crippen LogP contribution in [0.1, 0.15) is 69.5 Å². The summed E-state index contributed by atoms with van der Waals surface area (Å²) in [4.78, 5) is 4.40. The summed E-state index contributed by atoms with van der Waals surface area (Å²) in [6, 6.07) is 7.58. The van der Waals surface area contributed by atoms with E-state index in [1.807, 2.05) is 31.2 Å². The highest BCUT2D eigenvalue weighted by Crippen LogP contribution is 2.29. The highest BCUT2D eigenvalue weighted by molar-refractivity contribution is 6.06. The van der Waals surface area contributed by atoms with Gasteiger partial charge in [0.15, 0.2) is 5.75 Å². The van der Waals surface area contributed by atoms with Gasteiger partial charge in [0.25, 0.3) is 0 Å². The van der Waals surface area contributed by atoms with Crippen LogP contribution in [0.3, 0.4) is 0 Å². The summed E-state index contributed by atoms with van der Waals surface area (Å²) in [6.45, 7) is 4.11. The molecule has 0 atom stereocenters. The highest BCUT2D eigenvalue weighted by atomic mass is 16.4. The molecule has 2 N–H and O–H groups in total. The molecule has 1 aromatic carbocycles. The molecule has 4 heteroatoms. The number of pyridine rings is 1. The molecule has 0 fully saturated rings. The molecule has 0 unspecified atom stereocenters. The van der Waals surface area contributed by atoms with E-state index in [2.05, 4.69) is 17.1 Å². The van der Waals surface area contributed by atoms with Crippen molar-refractivity contribution in [2.75, 3.05) is 0 Å². The first-order valence-electron chi connectivity index (χ1n) is 8.98. The van der Waals surface area contributed by atoms with Gasteiger partial charge in [-0.15, -0.1) is 0 Å². The summed E-state index contributed by atoms with van der Waals surface area (Å²) in [5.41, 5.74) is 2.53. The predicted molar refractivity (Wildman–Crippen MR) is 99.1 cm³/mol. The van der Waals surface area contributed by atoms with E-state index in [-0.39, 0.29) is 5.75 Å². The van der Waals surface area contributed by atoms with Gasteiger partial charge in [0.05, 0.1) is 5.71 Å². The maximum Gasteiger partial charge on any atom is 0.150 e. The maximum absolute atomic E-state index is 10.5. The van der Waals surface area contributed by atoms with E-state index in [9.17, 15) is 10.3 Å². The minimum Gasteiger partial charge on any atom is -0.505 e. The van der Waals surface area contributed by atoms with Crippen LogP contribution in [0.15, 0.2) is 29.4 Å². The van der Waals surface area contributed by atoms with Gasteiger partial charge in [0, 0.05) is 16.6 Å². The third-order valence-corrected chi connectivity index (χ3v) is 4.42. The Balaban J connectivity index is 2.00. The van der Waals surface area contributed by atoms with Gasteiger partial charge in [-0.05, 0) is 31.9 Å². The van der Waals surface area contributed by atoms with Gasteiger partial charge < -0.3 is 10.3 Å². The predicted octanol–water partition coefficient (Wildman–Crippen LogP) is 5.57. The summed E-state index contributed by atoms with van der Waals surface area (Å²) >= 11 is 0. The molecule has 0 amide bonds. The van der Waals surface area contributed by atoms with Crippen molar-refractivity contribution >= 4 is 16.6 Å². The van der Waals surface area contributed by atoms with Gasteiger partial charge >= 0.3 is 0 Å². The molecule has 0 radical (unpaired) electrons. The van der Waals surface area contributed by atoms with Crippen LogP contribution < -0.4 is 0 Å². The highest BCUT2D eigenvalue weighted by Gasteiger charge is 2.13. The molecule has 1 aromatic heterocycles. The smallest absolute Gasteiger partial charge is 0.150 e. The van der Waals surface area contributed by atoms with Crippen LogP contribution in [0, 0.1) is 6.92 Å². The van der Waals surface area contributed by atoms with Crippen molar-refractivity contribution in [2.45, 2.75) is 65.2 Å². The molecule has 130 valence electrons. The Morgan fingerprint density at radius 2 is 1.67 bits per heavy atom. The Bertz CT molecular complexity index is 695. The van der Waals surface area contributed by atoms with E-state index in [1.54, 1.807) is 0 Å². The van der Waals surface area contributed by atoms with Crippen LogP contribution in [-0.2, 0) is 0 Å². The zero-order valence-corrected chi connectivity index (χ0v) is 14.8. The lowest BCUT2D eigenvalue weighted by molar-refractivity contribution is 0.317. The maximum atomic E-state index is 10.5. The van der Waals surface area contributed by atoms with Crippen LogP contribution in [0.2, 0.25) is 0 Å². The third-order valence-electron chi connectivity index (χ3n) is 4.42. The zero-order valence-electron chi connectivity index (χ0n) is 14.8. The summed E-state index contributed by atoms with van der Waals surface area (Å²) in [5.74, 6) is 0.104. The van der Waals surface area contributed by atoms with Crippen LogP contribution in [0.25, 0.3) is 10.9 Å².